The van der Waals surface area contributed by atoms with E-state index in [0.29, 0.717) is 12.5 Å². The molecule has 1 rings (SSSR count). The van der Waals surface area contributed by atoms with Gasteiger partial charge < -0.3 is 20.5 Å². The van der Waals surface area contributed by atoms with E-state index >= 15 is 0 Å². The summed E-state index contributed by atoms with van der Waals surface area (Å²) in [7, 11) is 0. The quantitative estimate of drug-likeness (QED) is 0.424. The lowest BCUT2D eigenvalue weighted by Crippen LogP contribution is -2.42. The molecule has 0 amide bonds. The predicted molar refractivity (Wildman–Crippen MR) is 105 cm³/mol. The molecule has 0 aliphatic carbocycles. The summed E-state index contributed by atoms with van der Waals surface area (Å²) >= 11 is 0. The van der Waals surface area contributed by atoms with Gasteiger partial charge in [0.25, 0.3) is 0 Å². The first-order chi connectivity index (χ1) is 12.1. The van der Waals surface area contributed by atoms with Crippen molar-refractivity contribution in [2.45, 2.75) is 52.7 Å². The van der Waals surface area contributed by atoms with Crippen LogP contribution in [-0.4, -0.2) is 43.4 Å². The summed E-state index contributed by atoms with van der Waals surface area (Å²) in [4.78, 5) is 4.61. The van der Waals surface area contributed by atoms with Crippen molar-refractivity contribution in [2.24, 2.45) is 10.9 Å². The minimum Gasteiger partial charge on any atom is -0.389 e. The monoisotopic (exact) mass is 349 g/mol. The Morgan fingerprint density at radius 3 is 2.40 bits per heavy atom. The van der Waals surface area contributed by atoms with E-state index in [2.05, 4.69) is 29.5 Å². The van der Waals surface area contributed by atoms with Gasteiger partial charge in [-0.25, -0.2) is 0 Å². The Hall–Kier alpha value is -1.59. The molecule has 5 nitrogen and oxygen atoms in total. The Bertz CT molecular complexity index is 475. The molecule has 0 bridgehead atoms. The van der Waals surface area contributed by atoms with Crippen LogP contribution in [0, 0.1) is 5.92 Å². The topological polar surface area (TPSA) is 65.9 Å². The van der Waals surface area contributed by atoms with Gasteiger partial charge in [-0.3, -0.25) is 4.99 Å². The van der Waals surface area contributed by atoms with Crippen molar-refractivity contribution in [3.63, 3.8) is 0 Å². The Morgan fingerprint density at radius 1 is 1.12 bits per heavy atom. The number of ether oxygens (including phenoxy) is 1. The van der Waals surface area contributed by atoms with Crippen LogP contribution in [0.1, 0.15) is 52.2 Å². The van der Waals surface area contributed by atoms with E-state index in [4.69, 9.17) is 4.74 Å². The predicted octanol–water partition coefficient (Wildman–Crippen LogP) is 3.12. The third-order valence-corrected chi connectivity index (χ3v) is 4.32. The molecule has 0 aromatic heterocycles. The number of hydrogen-bond acceptors (Lipinski definition) is 3. The van der Waals surface area contributed by atoms with Crippen LogP contribution in [-0.2, 0) is 4.74 Å². The van der Waals surface area contributed by atoms with Crippen LogP contribution in [0.5, 0.6) is 0 Å². The standard InChI is InChI=1S/C20H35N3O2/c1-5-17(6-2)13-22-20(21-7-3)23-14-19(24)15-25-16(4)18-11-9-8-10-12-18/h8-12,16-17,19,24H,5-7,13-15H2,1-4H3,(H2,21,22,23). The van der Waals surface area contributed by atoms with Gasteiger partial charge in [0.15, 0.2) is 5.96 Å². The SMILES string of the molecule is CCNC(=NCC(CC)CC)NCC(O)COC(C)c1ccccc1. The van der Waals surface area contributed by atoms with Crippen molar-refractivity contribution < 1.29 is 9.84 Å². The van der Waals surface area contributed by atoms with Crippen LogP contribution < -0.4 is 10.6 Å². The fraction of sp³-hybridized carbons (Fsp3) is 0.650. The summed E-state index contributed by atoms with van der Waals surface area (Å²) in [5, 5.41) is 16.6. The Kier molecular flexibility index (Phi) is 10.9. The lowest BCUT2D eigenvalue weighted by atomic mass is 10.0. The van der Waals surface area contributed by atoms with E-state index in [9.17, 15) is 5.11 Å². The van der Waals surface area contributed by atoms with E-state index in [1.54, 1.807) is 0 Å². The van der Waals surface area contributed by atoms with Crippen LogP contribution in [0.3, 0.4) is 0 Å². The molecule has 1 aromatic rings. The largest absolute Gasteiger partial charge is 0.389 e. The lowest BCUT2D eigenvalue weighted by Gasteiger charge is -2.19. The Balaban J connectivity index is 2.38. The second-order valence-electron chi connectivity index (χ2n) is 6.32. The maximum absolute atomic E-state index is 10.2. The Labute approximate surface area is 152 Å². The van der Waals surface area contributed by atoms with E-state index < -0.39 is 6.10 Å². The zero-order valence-electron chi connectivity index (χ0n) is 16.2. The summed E-state index contributed by atoms with van der Waals surface area (Å²) in [5.41, 5.74) is 1.11. The number of aliphatic hydroxyl groups is 1. The summed E-state index contributed by atoms with van der Waals surface area (Å²) in [5.74, 6) is 1.36. The third-order valence-electron chi connectivity index (χ3n) is 4.32. The molecule has 1 aromatic carbocycles. The van der Waals surface area contributed by atoms with Gasteiger partial charge in [-0.1, -0.05) is 57.0 Å². The molecule has 0 fully saturated rings. The number of rotatable bonds is 11. The number of nitrogens with zero attached hydrogens (tertiary/aromatic N) is 1. The minimum atomic E-state index is -0.580. The van der Waals surface area contributed by atoms with Gasteiger partial charge in [0.1, 0.15) is 0 Å². The van der Waals surface area contributed by atoms with E-state index in [-0.39, 0.29) is 12.7 Å². The third kappa shape index (κ3) is 8.89. The molecule has 0 aliphatic rings. The molecule has 142 valence electrons. The van der Waals surface area contributed by atoms with Crippen molar-refractivity contribution in [2.75, 3.05) is 26.2 Å². The number of nitrogens with one attached hydrogen (secondary N) is 2. The van der Waals surface area contributed by atoms with Gasteiger partial charge >= 0.3 is 0 Å². The average Bonchev–Trinajstić information content (AvgIpc) is 2.65. The second-order valence-corrected chi connectivity index (χ2v) is 6.32. The number of hydrogen-bond donors (Lipinski definition) is 3. The zero-order valence-corrected chi connectivity index (χ0v) is 16.2. The van der Waals surface area contributed by atoms with Crippen LogP contribution in [0.2, 0.25) is 0 Å². The highest BCUT2D eigenvalue weighted by atomic mass is 16.5. The summed E-state index contributed by atoms with van der Waals surface area (Å²) in [6.07, 6.45) is 1.65. The maximum atomic E-state index is 10.2. The van der Waals surface area contributed by atoms with Crippen molar-refractivity contribution in [1.29, 1.82) is 0 Å². The second kappa shape index (κ2) is 12.7. The summed E-state index contributed by atoms with van der Waals surface area (Å²) in [6.45, 7) is 10.7. The first kappa shape index (κ1) is 21.5. The first-order valence-electron chi connectivity index (χ1n) is 9.47. The highest BCUT2D eigenvalue weighted by Crippen LogP contribution is 2.15. The van der Waals surface area contributed by atoms with Crippen molar-refractivity contribution in [1.82, 2.24) is 10.6 Å². The highest BCUT2D eigenvalue weighted by Gasteiger charge is 2.11. The first-order valence-corrected chi connectivity index (χ1v) is 9.47. The Morgan fingerprint density at radius 2 is 1.80 bits per heavy atom. The number of aliphatic hydroxyl groups excluding tert-OH is 1. The fourth-order valence-corrected chi connectivity index (χ4v) is 2.46. The van der Waals surface area contributed by atoms with Crippen LogP contribution in [0.4, 0.5) is 0 Å². The van der Waals surface area contributed by atoms with Gasteiger partial charge in [0, 0.05) is 19.6 Å². The molecule has 25 heavy (non-hydrogen) atoms. The molecule has 2 atom stereocenters. The summed E-state index contributed by atoms with van der Waals surface area (Å²) in [6, 6.07) is 10.0. The zero-order chi connectivity index (χ0) is 18.5. The number of guanidine groups is 1. The lowest BCUT2D eigenvalue weighted by molar-refractivity contribution is -0.000600. The van der Waals surface area contributed by atoms with E-state index in [0.717, 1.165) is 37.5 Å². The molecule has 0 heterocycles. The van der Waals surface area contributed by atoms with E-state index in [1.807, 2.05) is 44.2 Å². The molecule has 2 unspecified atom stereocenters. The molecule has 3 N–H and O–H groups in total. The van der Waals surface area contributed by atoms with Gasteiger partial charge in [-0.2, -0.15) is 0 Å². The molecule has 0 saturated carbocycles. The molecule has 0 spiro atoms. The highest BCUT2D eigenvalue weighted by molar-refractivity contribution is 5.79. The summed E-state index contributed by atoms with van der Waals surface area (Å²) < 4.78 is 5.76. The average molecular weight is 350 g/mol. The van der Waals surface area contributed by atoms with Crippen LogP contribution >= 0.6 is 0 Å². The van der Waals surface area contributed by atoms with Crippen molar-refractivity contribution in [3.05, 3.63) is 35.9 Å². The molecule has 0 saturated heterocycles. The van der Waals surface area contributed by atoms with Crippen LogP contribution in [0.25, 0.3) is 0 Å². The van der Waals surface area contributed by atoms with Gasteiger partial charge in [0.05, 0.1) is 18.8 Å². The van der Waals surface area contributed by atoms with E-state index in [1.165, 1.54) is 0 Å². The molecule has 0 aliphatic heterocycles. The molecular formula is C20H35N3O2. The van der Waals surface area contributed by atoms with Gasteiger partial charge in [-0.05, 0) is 25.3 Å². The maximum Gasteiger partial charge on any atom is 0.191 e. The smallest absolute Gasteiger partial charge is 0.191 e. The van der Waals surface area contributed by atoms with Crippen molar-refractivity contribution in [3.8, 4) is 0 Å². The van der Waals surface area contributed by atoms with Crippen LogP contribution in [0.15, 0.2) is 35.3 Å². The fourth-order valence-electron chi connectivity index (χ4n) is 2.46. The minimum absolute atomic E-state index is 0.0346. The van der Waals surface area contributed by atoms with Gasteiger partial charge in [-0.15, -0.1) is 0 Å². The molecule has 5 heteroatoms. The van der Waals surface area contributed by atoms with Crippen molar-refractivity contribution >= 4 is 5.96 Å². The number of benzene rings is 1. The number of aliphatic imine (C=N–C) groups is 1. The molecular weight excluding hydrogens is 314 g/mol. The normalized spacial score (nSPS) is 14.4. The molecule has 0 radical (unpaired) electrons. The van der Waals surface area contributed by atoms with Gasteiger partial charge in [0.2, 0.25) is 0 Å².